The summed E-state index contributed by atoms with van der Waals surface area (Å²) < 4.78 is 61.3. The molecule has 0 aliphatic carbocycles. The predicted octanol–water partition coefficient (Wildman–Crippen LogP) is 3.96. The molecule has 1 aliphatic rings. The highest BCUT2D eigenvalue weighted by molar-refractivity contribution is 6.05. The van der Waals surface area contributed by atoms with Crippen molar-refractivity contribution in [1.29, 1.82) is 0 Å². The van der Waals surface area contributed by atoms with Crippen LogP contribution in [-0.2, 0) is 11.3 Å². The Hall–Kier alpha value is -4.35. The van der Waals surface area contributed by atoms with Crippen molar-refractivity contribution in [3.8, 4) is 11.5 Å². The van der Waals surface area contributed by atoms with Crippen molar-refractivity contribution in [2.24, 2.45) is 0 Å². The highest BCUT2D eigenvalue weighted by Crippen LogP contribution is 2.33. The molecule has 8 nitrogen and oxygen atoms in total. The zero-order valence-electron chi connectivity index (χ0n) is 20.9. The van der Waals surface area contributed by atoms with E-state index < -0.39 is 48.9 Å². The van der Waals surface area contributed by atoms with Crippen LogP contribution in [0.5, 0.6) is 11.5 Å². The van der Waals surface area contributed by atoms with Crippen LogP contribution in [0, 0.1) is 6.92 Å². The second-order valence-corrected chi connectivity index (χ2v) is 8.88. The number of rotatable bonds is 9. The zero-order valence-corrected chi connectivity index (χ0v) is 20.9. The molecule has 2 amide bonds. The Bertz CT molecular complexity index is 1390. The average molecular weight is 548 g/mol. The first-order chi connectivity index (χ1) is 18.6. The van der Waals surface area contributed by atoms with Crippen LogP contribution < -0.4 is 25.2 Å². The van der Waals surface area contributed by atoms with Gasteiger partial charge in [-0.3, -0.25) is 14.4 Å². The van der Waals surface area contributed by atoms with Crippen molar-refractivity contribution in [3.05, 3.63) is 87.8 Å². The van der Waals surface area contributed by atoms with Gasteiger partial charge in [0.15, 0.2) is 0 Å². The Kier molecular flexibility index (Phi) is 8.22. The Morgan fingerprint density at radius 1 is 1.00 bits per heavy atom. The van der Waals surface area contributed by atoms with E-state index in [0.717, 1.165) is 4.57 Å². The third kappa shape index (κ3) is 6.05. The Morgan fingerprint density at radius 3 is 2.23 bits per heavy atom. The lowest BCUT2D eigenvalue weighted by Crippen LogP contribution is -2.44. The van der Waals surface area contributed by atoms with E-state index in [4.69, 9.17) is 4.74 Å². The van der Waals surface area contributed by atoms with E-state index >= 15 is 0 Å². The molecule has 2 heterocycles. The second-order valence-electron chi connectivity index (χ2n) is 8.88. The molecule has 2 atom stereocenters. The Morgan fingerprint density at radius 2 is 1.64 bits per heavy atom. The molecule has 12 heteroatoms. The summed E-state index contributed by atoms with van der Waals surface area (Å²) >= 11 is 0. The fourth-order valence-corrected chi connectivity index (χ4v) is 4.53. The predicted molar refractivity (Wildman–Crippen MR) is 134 cm³/mol. The van der Waals surface area contributed by atoms with Crippen LogP contribution in [0.4, 0.5) is 23.2 Å². The number of aryl methyl sites for hydroxylation is 1. The van der Waals surface area contributed by atoms with Gasteiger partial charge in [-0.15, -0.1) is 0 Å². The number of benzene rings is 2. The number of halogens is 4. The first-order valence-corrected chi connectivity index (χ1v) is 11.9. The van der Waals surface area contributed by atoms with E-state index in [1.807, 2.05) is 0 Å². The van der Waals surface area contributed by atoms with Crippen molar-refractivity contribution in [3.63, 3.8) is 0 Å². The molecule has 0 radical (unpaired) electrons. The number of amides is 2. The maximum atomic E-state index is 13.7. The lowest BCUT2D eigenvalue weighted by molar-refractivity contribution is -0.118. The maximum absolute atomic E-state index is 13.7. The quantitative estimate of drug-likeness (QED) is 0.410. The van der Waals surface area contributed by atoms with E-state index in [1.165, 1.54) is 48.5 Å². The van der Waals surface area contributed by atoms with E-state index in [2.05, 4.69) is 10.1 Å². The van der Waals surface area contributed by atoms with Gasteiger partial charge in [0.05, 0.1) is 13.7 Å². The average Bonchev–Trinajstić information content (AvgIpc) is 3.21. The van der Waals surface area contributed by atoms with Gasteiger partial charge >= 0.3 is 6.61 Å². The lowest BCUT2D eigenvalue weighted by Gasteiger charge is -2.20. The largest absolute Gasteiger partial charge is 0.497 e. The third-order valence-electron chi connectivity index (χ3n) is 6.43. The van der Waals surface area contributed by atoms with Gasteiger partial charge in [0, 0.05) is 24.2 Å². The molecule has 39 heavy (non-hydrogen) atoms. The van der Waals surface area contributed by atoms with Gasteiger partial charge in [-0.25, -0.2) is 8.78 Å². The zero-order chi connectivity index (χ0) is 28.3. The standard InChI is InChI=1S/C27H25F4N3O5/c1-15-11-12-33(14-21(28)29)26(37)23(15)34-13-20(16-3-7-18(38-2)8-4-16)22(25(34)36)32-24(35)17-5-9-19(10-6-17)39-27(30)31/h3-12,20-22,27H,13-14H2,1-2H3,(H,32,35)/t20-,22?/m0/s1. The van der Waals surface area contributed by atoms with E-state index in [0.29, 0.717) is 16.9 Å². The van der Waals surface area contributed by atoms with Crippen molar-refractivity contribution in [2.45, 2.75) is 38.5 Å². The highest BCUT2D eigenvalue weighted by Gasteiger charge is 2.44. The normalized spacial score (nSPS) is 17.1. The highest BCUT2D eigenvalue weighted by atomic mass is 19.3. The smallest absolute Gasteiger partial charge is 0.387 e. The first kappa shape index (κ1) is 27.7. The van der Waals surface area contributed by atoms with Gasteiger partial charge < -0.3 is 24.3 Å². The van der Waals surface area contributed by atoms with Crippen molar-refractivity contribution in [1.82, 2.24) is 9.88 Å². The minimum Gasteiger partial charge on any atom is -0.497 e. The van der Waals surface area contributed by atoms with Gasteiger partial charge in [-0.2, -0.15) is 8.78 Å². The molecule has 3 aromatic rings. The van der Waals surface area contributed by atoms with E-state index in [1.54, 1.807) is 31.2 Å². The van der Waals surface area contributed by atoms with Gasteiger partial charge in [0.2, 0.25) is 5.91 Å². The number of nitrogens with zero attached hydrogens (tertiary/aromatic N) is 2. The van der Waals surface area contributed by atoms with Crippen LogP contribution in [0.15, 0.2) is 65.6 Å². The minimum atomic E-state index is -3.02. The molecule has 1 saturated heterocycles. The van der Waals surface area contributed by atoms with E-state index in [-0.39, 0.29) is 23.5 Å². The molecule has 1 unspecified atom stereocenters. The summed E-state index contributed by atoms with van der Waals surface area (Å²) in [5.74, 6) is -1.44. The fraction of sp³-hybridized carbons (Fsp3) is 0.296. The molecule has 1 aliphatic heterocycles. The summed E-state index contributed by atoms with van der Waals surface area (Å²) in [6, 6.07) is 12.1. The number of hydrogen-bond donors (Lipinski definition) is 1. The number of carbonyl (C=O) groups is 2. The molecular weight excluding hydrogens is 522 g/mol. The first-order valence-electron chi connectivity index (χ1n) is 11.9. The topological polar surface area (TPSA) is 89.9 Å². The lowest BCUT2D eigenvalue weighted by atomic mass is 9.93. The molecule has 0 bridgehead atoms. The molecule has 4 rings (SSSR count). The minimum absolute atomic E-state index is 0.00789. The van der Waals surface area contributed by atoms with Crippen LogP contribution in [0.3, 0.4) is 0 Å². The molecule has 1 fully saturated rings. The molecule has 2 aromatic carbocycles. The van der Waals surface area contributed by atoms with Crippen LogP contribution in [0.25, 0.3) is 0 Å². The van der Waals surface area contributed by atoms with Crippen LogP contribution >= 0.6 is 0 Å². The monoisotopic (exact) mass is 547 g/mol. The Labute approximate surface area is 220 Å². The van der Waals surface area contributed by atoms with Gasteiger partial charge in [-0.05, 0) is 60.5 Å². The van der Waals surface area contributed by atoms with Crippen molar-refractivity contribution >= 4 is 17.5 Å². The summed E-state index contributed by atoms with van der Waals surface area (Å²) in [7, 11) is 1.50. The summed E-state index contributed by atoms with van der Waals surface area (Å²) in [4.78, 5) is 41.1. The number of anilines is 1. The number of nitrogens with one attached hydrogen (secondary N) is 1. The summed E-state index contributed by atoms with van der Waals surface area (Å²) in [5, 5.41) is 2.69. The van der Waals surface area contributed by atoms with Crippen LogP contribution in [0.1, 0.15) is 27.4 Å². The molecule has 1 aromatic heterocycles. The number of carbonyl (C=O) groups excluding carboxylic acids is 2. The molecule has 1 N–H and O–H groups in total. The van der Waals surface area contributed by atoms with Crippen LogP contribution in [-0.4, -0.2) is 49.1 Å². The number of aromatic nitrogens is 1. The summed E-state index contributed by atoms with van der Waals surface area (Å²) in [6.07, 6.45) is -1.53. The summed E-state index contributed by atoms with van der Waals surface area (Å²) in [5.41, 5.74) is 0.366. The number of ether oxygens (including phenoxy) is 2. The second kappa shape index (κ2) is 11.6. The number of methoxy groups -OCH3 is 1. The number of hydrogen-bond acceptors (Lipinski definition) is 5. The third-order valence-corrected chi connectivity index (χ3v) is 6.43. The van der Waals surface area contributed by atoms with Crippen molar-refractivity contribution < 1.29 is 36.6 Å². The molecular formula is C27H25F4N3O5. The SMILES string of the molecule is COc1ccc([C@@H]2CN(c3c(C)ccn(CC(F)F)c3=O)C(=O)C2NC(=O)c2ccc(OC(F)F)cc2)cc1. The van der Waals surface area contributed by atoms with Crippen molar-refractivity contribution in [2.75, 3.05) is 18.6 Å². The number of alkyl halides is 4. The van der Waals surface area contributed by atoms with Gasteiger partial charge in [0.1, 0.15) is 23.2 Å². The maximum Gasteiger partial charge on any atom is 0.387 e. The summed E-state index contributed by atoms with van der Waals surface area (Å²) in [6.45, 7) is -2.27. The molecule has 206 valence electrons. The Balaban J connectivity index is 1.68. The van der Waals surface area contributed by atoms with E-state index in [9.17, 15) is 31.9 Å². The fourth-order valence-electron chi connectivity index (χ4n) is 4.53. The number of pyridine rings is 1. The molecule has 0 saturated carbocycles. The van der Waals surface area contributed by atoms with Gasteiger partial charge in [0.25, 0.3) is 17.9 Å². The molecule has 0 spiro atoms. The van der Waals surface area contributed by atoms with Gasteiger partial charge in [-0.1, -0.05) is 12.1 Å². The van der Waals surface area contributed by atoms with Crippen LogP contribution in [0.2, 0.25) is 0 Å².